The zero-order chi connectivity index (χ0) is 30.7. The zero-order valence-corrected chi connectivity index (χ0v) is 25.9. The summed E-state index contributed by atoms with van der Waals surface area (Å²) in [4.78, 5) is 2.37. The molecule has 0 aliphatic carbocycles. The maximum Gasteiger partial charge on any atom is 0.201 e. The van der Waals surface area contributed by atoms with Crippen LogP contribution in [0.25, 0.3) is 0 Å². The molecule has 8 heteroatoms. The number of methoxy groups -OCH3 is 2. The van der Waals surface area contributed by atoms with Gasteiger partial charge < -0.3 is 33.6 Å². The average molecular weight is 596 g/mol. The predicted molar refractivity (Wildman–Crippen MR) is 168 cm³/mol. The molecule has 4 aliphatic heterocycles. The molecule has 8 rings (SSSR count). The van der Waals surface area contributed by atoms with E-state index in [2.05, 4.69) is 50.3 Å². The number of quaternary nitrogens is 1. The van der Waals surface area contributed by atoms with E-state index in [0.717, 1.165) is 49.0 Å². The zero-order valence-electron chi connectivity index (χ0n) is 25.9. The van der Waals surface area contributed by atoms with Crippen LogP contribution in [0.4, 0.5) is 0 Å². The smallest absolute Gasteiger partial charge is 0.201 e. The molecule has 8 nitrogen and oxygen atoms in total. The predicted octanol–water partition coefficient (Wildman–Crippen LogP) is 6.51. The second-order valence-electron chi connectivity index (χ2n) is 12.7. The Hall–Kier alpha value is -4.40. The van der Waals surface area contributed by atoms with Crippen molar-refractivity contribution in [2.45, 2.75) is 31.3 Å². The van der Waals surface area contributed by atoms with E-state index in [1.807, 2.05) is 30.3 Å². The van der Waals surface area contributed by atoms with Crippen LogP contribution >= 0.6 is 0 Å². The van der Waals surface area contributed by atoms with Crippen molar-refractivity contribution in [3.8, 4) is 46.0 Å². The lowest BCUT2D eigenvalue weighted by Crippen LogP contribution is -2.48. The minimum atomic E-state index is -0.230. The van der Waals surface area contributed by atoms with E-state index in [4.69, 9.17) is 18.9 Å². The molecule has 4 aromatic carbocycles. The van der Waals surface area contributed by atoms with Crippen LogP contribution in [0.15, 0.2) is 60.7 Å². The first kappa shape index (κ1) is 28.4. The standard InChI is InChI=1S/C36H38N2O6/c1-37-14-12-22-17-30(41-4)31-20-26(22)27(37)16-21-6-9-25(10-7-21)43-36-33-23(18-32(42-5)35(36)40)13-15-38(2,3)34(33)24-8-11-28(39)29(19-24)44-31/h6-11,17-20,27,34H,12-16H2,1-5H3,(H-,39,40)/p+1/t27-,34+/m0/s1. The molecule has 0 unspecified atom stereocenters. The second kappa shape index (κ2) is 10.6. The van der Waals surface area contributed by atoms with Crippen LogP contribution in [-0.2, 0) is 19.3 Å². The van der Waals surface area contributed by atoms with Crippen LogP contribution in [0.1, 0.15) is 45.5 Å². The molecule has 0 radical (unpaired) electrons. The number of nitrogens with zero attached hydrogens (tertiary/aromatic N) is 2. The summed E-state index contributed by atoms with van der Waals surface area (Å²) in [5, 5.41) is 22.6. The quantitative estimate of drug-likeness (QED) is 0.256. The first-order chi connectivity index (χ1) is 21.2. The third-order valence-corrected chi connectivity index (χ3v) is 9.64. The fraction of sp³-hybridized carbons (Fsp3) is 0.333. The molecule has 0 saturated heterocycles. The van der Waals surface area contributed by atoms with E-state index in [1.165, 1.54) is 16.7 Å². The van der Waals surface area contributed by atoms with Crippen molar-refractivity contribution in [1.29, 1.82) is 0 Å². The molecule has 0 spiro atoms. The number of fused-ring (bicyclic) bond motifs is 2. The summed E-state index contributed by atoms with van der Waals surface area (Å²) in [5.41, 5.74) is 6.46. The van der Waals surface area contributed by atoms with Gasteiger partial charge in [-0.05, 0) is 90.7 Å². The molecule has 4 heterocycles. The number of rotatable bonds is 2. The van der Waals surface area contributed by atoms with Crippen molar-refractivity contribution in [2.75, 3.05) is 48.5 Å². The maximum absolute atomic E-state index is 11.5. The molecule has 228 valence electrons. The highest BCUT2D eigenvalue weighted by atomic mass is 16.5. The second-order valence-corrected chi connectivity index (χ2v) is 12.7. The van der Waals surface area contributed by atoms with Crippen molar-refractivity contribution < 1.29 is 33.6 Å². The van der Waals surface area contributed by atoms with Gasteiger partial charge in [0.1, 0.15) is 11.8 Å². The summed E-state index contributed by atoms with van der Waals surface area (Å²) in [6, 6.07) is 19.6. The number of phenols is 2. The molecule has 4 aromatic rings. The van der Waals surface area contributed by atoms with Gasteiger partial charge in [0.2, 0.25) is 5.75 Å². The Balaban J connectivity index is 1.49. The highest BCUT2D eigenvalue weighted by Crippen LogP contribution is 2.53. The van der Waals surface area contributed by atoms with Gasteiger partial charge in [-0.1, -0.05) is 12.1 Å². The number of likely N-dealkylation sites (N-methyl/N-ethyl adjacent to an activating group) is 2. The van der Waals surface area contributed by atoms with Crippen LogP contribution in [0.5, 0.6) is 46.0 Å². The summed E-state index contributed by atoms with van der Waals surface area (Å²) >= 11 is 0. The fourth-order valence-corrected chi connectivity index (χ4v) is 7.19. The molecular formula is C36H39N2O6+. The maximum atomic E-state index is 11.5. The van der Waals surface area contributed by atoms with Crippen molar-refractivity contribution in [1.82, 2.24) is 4.90 Å². The van der Waals surface area contributed by atoms with Gasteiger partial charge in [-0.25, -0.2) is 0 Å². The van der Waals surface area contributed by atoms with E-state index in [9.17, 15) is 10.2 Å². The number of hydrogen-bond donors (Lipinski definition) is 2. The van der Waals surface area contributed by atoms with E-state index in [0.29, 0.717) is 39.0 Å². The van der Waals surface area contributed by atoms with E-state index in [1.54, 1.807) is 20.3 Å². The van der Waals surface area contributed by atoms with E-state index < -0.39 is 0 Å². The Bertz CT molecular complexity index is 1750. The fourth-order valence-electron chi connectivity index (χ4n) is 7.19. The van der Waals surface area contributed by atoms with Crippen LogP contribution in [0, 0.1) is 0 Å². The number of aromatic hydroxyl groups is 2. The van der Waals surface area contributed by atoms with Gasteiger partial charge in [0, 0.05) is 24.6 Å². The number of phenolic OH excluding ortho intramolecular Hbond substituents is 2. The number of ether oxygens (including phenoxy) is 4. The Morgan fingerprint density at radius 2 is 1.59 bits per heavy atom. The molecule has 0 saturated carbocycles. The lowest BCUT2D eigenvalue weighted by molar-refractivity contribution is -0.917. The van der Waals surface area contributed by atoms with Gasteiger partial charge in [-0.15, -0.1) is 0 Å². The van der Waals surface area contributed by atoms with E-state index in [-0.39, 0.29) is 23.6 Å². The summed E-state index contributed by atoms with van der Waals surface area (Å²) in [5.74, 6) is 2.93. The number of hydrogen-bond acceptors (Lipinski definition) is 7. The lowest BCUT2D eigenvalue weighted by Gasteiger charge is -2.43. The first-order valence-electron chi connectivity index (χ1n) is 15.1. The highest BCUT2D eigenvalue weighted by molar-refractivity contribution is 5.63. The molecule has 0 fully saturated rings. The first-order valence-corrected chi connectivity index (χ1v) is 15.1. The summed E-state index contributed by atoms with van der Waals surface area (Å²) < 4.78 is 25.1. The van der Waals surface area contributed by atoms with Gasteiger partial charge >= 0.3 is 0 Å². The molecule has 0 amide bonds. The topological polar surface area (TPSA) is 80.6 Å². The van der Waals surface area contributed by atoms with Gasteiger partial charge in [0.05, 0.1) is 40.4 Å². The van der Waals surface area contributed by atoms with Gasteiger partial charge in [-0.3, -0.25) is 4.90 Å². The summed E-state index contributed by atoms with van der Waals surface area (Å²) in [6.07, 6.45) is 2.49. The monoisotopic (exact) mass is 595 g/mol. The Labute approximate surface area is 258 Å². The Kier molecular flexibility index (Phi) is 6.86. The minimum Gasteiger partial charge on any atom is -0.504 e. The van der Waals surface area contributed by atoms with Gasteiger partial charge in [0.25, 0.3) is 0 Å². The van der Waals surface area contributed by atoms with Crippen LogP contribution in [-0.4, -0.2) is 68.0 Å². The van der Waals surface area contributed by atoms with Crippen LogP contribution in [0.2, 0.25) is 0 Å². The molecule has 2 atom stereocenters. The largest absolute Gasteiger partial charge is 0.504 e. The van der Waals surface area contributed by atoms with Crippen LogP contribution in [0.3, 0.4) is 0 Å². The molecule has 6 bridgehead atoms. The third kappa shape index (κ3) is 4.69. The van der Waals surface area contributed by atoms with Gasteiger partial charge in [0.15, 0.2) is 34.5 Å². The van der Waals surface area contributed by atoms with Crippen molar-refractivity contribution >= 4 is 0 Å². The number of benzene rings is 4. The molecule has 2 N–H and O–H groups in total. The molecule has 4 aliphatic rings. The van der Waals surface area contributed by atoms with Crippen molar-refractivity contribution in [3.05, 3.63) is 94.0 Å². The summed E-state index contributed by atoms with van der Waals surface area (Å²) in [6.45, 7) is 1.78. The Morgan fingerprint density at radius 3 is 2.34 bits per heavy atom. The molecule has 0 aromatic heterocycles. The van der Waals surface area contributed by atoms with E-state index >= 15 is 0 Å². The lowest BCUT2D eigenvalue weighted by atomic mass is 9.85. The normalized spacial score (nSPS) is 20.1. The summed E-state index contributed by atoms with van der Waals surface area (Å²) in [7, 11) is 9.71. The van der Waals surface area contributed by atoms with Crippen LogP contribution < -0.4 is 18.9 Å². The Morgan fingerprint density at radius 1 is 0.841 bits per heavy atom. The molecular weight excluding hydrogens is 556 g/mol. The third-order valence-electron chi connectivity index (χ3n) is 9.64. The van der Waals surface area contributed by atoms with Crippen molar-refractivity contribution in [3.63, 3.8) is 0 Å². The minimum absolute atomic E-state index is 0.0347. The SMILES string of the molecule is COc1cc2c3cc1Oc1cc(ccc1O)[C@@H]1c4c(cc(OC)c(O)c4Oc4ccc(cc4)C[C@@H]3N(C)CC2)CC[N+]1(C)C. The average Bonchev–Trinajstić information content (AvgIpc) is 3.01. The van der Waals surface area contributed by atoms with Crippen molar-refractivity contribution in [2.24, 2.45) is 0 Å². The molecule has 44 heavy (non-hydrogen) atoms. The highest BCUT2D eigenvalue weighted by Gasteiger charge is 2.42. The van der Waals surface area contributed by atoms with Gasteiger partial charge in [-0.2, -0.15) is 0 Å².